The summed E-state index contributed by atoms with van der Waals surface area (Å²) >= 11 is 0. The van der Waals surface area contributed by atoms with Gasteiger partial charge in [-0.15, -0.1) is 0 Å². The first kappa shape index (κ1) is 17.5. The van der Waals surface area contributed by atoms with Crippen LogP contribution in [0.15, 0.2) is 0 Å². The van der Waals surface area contributed by atoms with Crippen molar-refractivity contribution in [3.8, 4) is 0 Å². The molecule has 0 spiro atoms. The molecule has 0 N–H and O–H groups in total. The van der Waals surface area contributed by atoms with Crippen LogP contribution in [-0.2, 0) is 4.79 Å². The molecule has 0 radical (unpaired) electrons. The summed E-state index contributed by atoms with van der Waals surface area (Å²) in [6, 6.07) is 0. The van der Waals surface area contributed by atoms with Gasteiger partial charge >= 0.3 is 23.1 Å². The molecular formula is C2H3ClMgO. The smallest absolute Gasteiger partial charge is 1.00 e. The molecule has 0 rings (SSSR count). The third-order valence-electron chi connectivity index (χ3n) is 0. The van der Waals surface area contributed by atoms with Crippen molar-refractivity contribution < 1.29 is 17.2 Å². The zero-order valence-electron chi connectivity index (χ0n) is 2.78. The Kier molecular flexibility index (Phi) is 81.8. The molecule has 0 amide bonds. The zero-order valence-corrected chi connectivity index (χ0v) is 4.95. The first-order valence-corrected chi connectivity index (χ1v) is 0.644. The first-order chi connectivity index (χ1) is 1.41. The Balaban J connectivity index is -0.0000000200. The summed E-state index contributed by atoms with van der Waals surface area (Å²) < 4.78 is 0. The van der Waals surface area contributed by atoms with E-state index in [-0.39, 0.29) is 35.5 Å². The van der Waals surface area contributed by atoms with Crippen LogP contribution in [0.1, 0.15) is 0 Å². The SMILES string of the molecule is [CH2-]C=O.[Cl-].[Mg+2]. The minimum atomic E-state index is 0. The predicted octanol–water partition coefficient (Wildman–Crippen LogP) is -3.36. The number of hydrogen-bond acceptors (Lipinski definition) is 1. The number of carbonyl (C=O) groups excluding carboxylic acids is 1. The second-order valence-electron chi connectivity index (χ2n) is 0.167. The molecule has 0 aliphatic carbocycles. The van der Waals surface area contributed by atoms with Crippen LogP contribution in [-0.4, -0.2) is 29.3 Å². The Morgan fingerprint density at radius 3 is 1.60 bits per heavy atom. The Morgan fingerprint density at radius 2 is 1.60 bits per heavy atom. The van der Waals surface area contributed by atoms with Gasteiger partial charge in [0, 0.05) is 0 Å². The maximum Gasteiger partial charge on any atom is 2.00 e. The van der Waals surface area contributed by atoms with Gasteiger partial charge in [-0.1, -0.05) is 0 Å². The van der Waals surface area contributed by atoms with Gasteiger partial charge in [0.05, 0.1) is 0 Å². The molecule has 5 heavy (non-hydrogen) atoms. The molecule has 0 aromatic rings. The van der Waals surface area contributed by atoms with Gasteiger partial charge in [0.15, 0.2) is 0 Å². The average Bonchev–Trinajstić information content (AvgIpc) is 0.918. The van der Waals surface area contributed by atoms with Crippen LogP contribution in [0.3, 0.4) is 0 Å². The van der Waals surface area contributed by atoms with Gasteiger partial charge in [-0.25, -0.2) is 0 Å². The molecule has 0 aliphatic heterocycles. The largest absolute Gasteiger partial charge is 2.00 e. The summed E-state index contributed by atoms with van der Waals surface area (Å²) in [5.74, 6) is 0. The number of aldehydes is 1. The van der Waals surface area contributed by atoms with E-state index in [1.165, 1.54) is 0 Å². The maximum atomic E-state index is 8.69. The second-order valence-corrected chi connectivity index (χ2v) is 0.167. The molecule has 26 valence electrons. The van der Waals surface area contributed by atoms with Gasteiger partial charge in [-0.2, -0.15) is 0 Å². The van der Waals surface area contributed by atoms with Crippen LogP contribution in [0, 0.1) is 6.92 Å². The molecule has 0 aromatic carbocycles. The van der Waals surface area contributed by atoms with Crippen molar-refractivity contribution in [1.82, 2.24) is 0 Å². The minimum absolute atomic E-state index is 0. The van der Waals surface area contributed by atoms with Crippen LogP contribution in [0.25, 0.3) is 0 Å². The van der Waals surface area contributed by atoms with E-state index in [1.807, 2.05) is 0 Å². The van der Waals surface area contributed by atoms with E-state index in [0.29, 0.717) is 6.29 Å². The first-order valence-electron chi connectivity index (χ1n) is 0.644. The predicted molar refractivity (Wildman–Crippen MR) is 17.2 cm³/mol. The van der Waals surface area contributed by atoms with Gasteiger partial charge in [-0.3, -0.25) is 0 Å². The topological polar surface area (TPSA) is 17.1 Å². The van der Waals surface area contributed by atoms with Crippen LogP contribution < -0.4 is 12.4 Å². The molecule has 0 bridgehead atoms. The molecule has 0 aliphatic rings. The molecule has 3 heteroatoms. The molecule has 0 atom stereocenters. The van der Waals surface area contributed by atoms with Crippen molar-refractivity contribution in [2.45, 2.75) is 0 Å². The van der Waals surface area contributed by atoms with Gasteiger partial charge in [0.2, 0.25) is 0 Å². The van der Waals surface area contributed by atoms with Gasteiger partial charge in [-0.05, 0) is 6.29 Å². The number of hydrogen-bond donors (Lipinski definition) is 0. The molecule has 0 aromatic heterocycles. The van der Waals surface area contributed by atoms with Crippen molar-refractivity contribution in [3.05, 3.63) is 6.92 Å². The molecule has 1 nitrogen and oxygen atoms in total. The van der Waals surface area contributed by atoms with E-state index in [9.17, 15) is 0 Å². The maximum absolute atomic E-state index is 8.69. The minimum Gasteiger partial charge on any atom is -1.00 e. The van der Waals surface area contributed by atoms with Gasteiger partial charge in [0.1, 0.15) is 0 Å². The van der Waals surface area contributed by atoms with E-state index in [1.54, 1.807) is 0 Å². The quantitative estimate of drug-likeness (QED) is 0.178. The summed E-state index contributed by atoms with van der Waals surface area (Å²) in [7, 11) is 0. The van der Waals surface area contributed by atoms with E-state index in [4.69, 9.17) is 4.79 Å². The molecule has 0 fully saturated rings. The summed E-state index contributed by atoms with van der Waals surface area (Å²) in [4.78, 5) is 8.69. The zero-order chi connectivity index (χ0) is 2.71. The van der Waals surface area contributed by atoms with Crippen LogP contribution >= 0.6 is 0 Å². The average molecular weight is 103 g/mol. The van der Waals surface area contributed by atoms with Crippen LogP contribution in [0.2, 0.25) is 0 Å². The summed E-state index contributed by atoms with van der Waals surface area (Å²) in [6.07, 6.45) is 0.500. The summed E-state index contributed by atoms with van der Waals surface area (Å²) in [6.45, 7) is 2.81. The van der Waals surface area contributed by atoms with Crippen molar-refractivity contribution >= 4 is 29.3 Å². The Bertz CT molecular complexity index is 17.1. The van der Waals surface area contributed by atoms with Gasteiger partial charge < -0.3 is 24.1 Å². The number of rotatable bonds is 0. The Labute approximate surface area is 53.7 Å². The number of carbonyl (C=O) groups is 1. The van der Waals surface area contributed by atoms with Crippen molar-refractivity contribution in [1.29, 1.82) is 0 Å². The monoisotopic (exact) mass is 102 g/mol. The van der Waals surface area contributed by atoms with Crippen molar-refractivity contribution in [2.75, 3.05) is 0 Å². The third-order valence-corrected chi connectivity index (χ3v) is 0. The number of halogens is 1. The second kappa shape index (κ2) is 23.3. The van der Waals surface area contributed by atoms with Crippen molar-refractivity contribution in [3.63, 3.8) is 0 Å². The summed E-state index contributed by atoms with van der Waals surface area (Å²) in [5.41, 5.74) is 0. The fraction of sp³-hybridized carbons (Fsp3) is 0. The Hall–Kier alpha value is 0.596. The fourth-order valence-electron chi connectivity index (χ4n) is 0. The molecular weight excluding hydrogens is 99.8 g/mol. The van der Waals surface area contributed by atoms with Crippen molar-refractivity contribution in [2.24, 2.45) is 0 Å². The molecule has 0 unspecified atom stereocenters. The van der Waals surface area contributed by atoms with E-state index in [2.05, 4.69) is 6.92 Å². The van der Waals surface area contributed by atoms with E-state index < -0.39 is 0 Å². The normalized spacial score (nSPS) is 2.40. The van der Waals surface area contributed by atoms with E-state index >= 15 is 0 Å². The molecule has 0 saturated heterocycles. The van der Waals surface area contributed by atoms with Crippen LogP contribution in [0.4, 0.5) is 0 Å². The van der Waals surface area contributed by atoms with Gasteiger partial charge in [0.25, 0.3) is 0 Å². The summed E-state index contributed by atoms with van der Waals surface area (Å²) in [5, 5.41) is 0. The van der Waals surface area contributed by atoms with E-state index in [0.717, 1.165) is 0 Å². The Morgan fingerprint density at radius 1 is 1.60 bits per heavy atom. The molecule has 0 heterocycles. The third kappa shape index (κ3) is 87.1. The fourth-order valence-corrected chi connectivity index (χ4v) is 0. The van der Waals surface area contributed by atoms with Crippen LogP contribution in [0.5, 0.6) is 0 Å². The molecule has 0 saturated carbocycles. The standard InChI is InChI=1S/C2H3O.ClH.Mg/c1-2-3;;/h2H,1H2;1H;/q-1;;+2/p-1.